The lowest BCUT2D eigenvalue weighted by molar-refractivity contribution is -0.385. The number of halogens is 1. The lowest BCUT2D eigenvalue weighted by Crippen LogP contribution is -2.07. The van der Waals surface area contributed by atoms with Gasteiger partial charge in [-0.2, -0.15) is 0 Å². The number of rotatable bonds is 4. The quantitative estimate of drug-likeness (QED) is 0.390. The summed E-state index contributed by atoms with van der Waals surface area (Å²) in [5.74, 6) is -0.622. The Morgan fingerprint density at radius 3 is 2.33 bits per heavy atom. The molecule has 6 heteroatoms. The van der Waals surface area contributed by atoms with Crippen molar-refractivity contribution < 1.29 is 14.5 Å². The molecule has 0 aliphatic carbocycles. The second-order valence-electron chi connectivity index (χ2n) is 5.14. The predicted molar refractivity (Wildman–Crippen MR) is 91.2 cm³/mol. The molecule has 0 saturated carbocycles. The lowest BCUT2D eigenvalue weighted by atomic mass is 10.1. The largest absolute Gasteiger partial charge is 0.457 e. The van der Waals surface area contributed by atoms with Crippen LogP contribution >= 0.6 is 11.6 Å². The first-order valence-corrected chi connectivity index (χ1v) is 7.52. The first-order valence-electron chi connectivity index (χ1n) is 7.14. The number of nitro benzene ring substituents is 1. The number of hydrogen-bond acceptors (Lipinski definition) is 4. The normalized spacial score (nSPS) is 10.5. The molecule has 3 aromatic carbocycles. The summed E-state index contributed by atoms with van der Waals surface area (Å²) in [5.41, 5.74) is 0.474. The predicted octanol–water partition coefficient (Wildman–Crippen LogP) is 4.76. The lowest BCUT2D eigenvalue weighted by Gasteiger charge is -2.08. The van der Waals surface area contributed by atoms with Crippen molar-refractivity contribution in [1.29, 1.82) is 0 Å². The van der Waals surface area contributed by atoms with E-state index in [4.69, 9.17) is 16.3 Å². The van der Waals surface area contributed by atoms with Crippen LogP contribution in [0.15, 0.2) is 60.7 Å². The third kappa shape index (κ3) is 3.21. The van der Waals surface area contributed by atoms with Crippen LogP contribution in [-0.2, 0) is 11.3 Å². The molecule has 0 radical (unpaired) electrons. The number of benzene rings is 3. The van der Waals surface area contributed by atoms with Gasteiger partial charge in [-0.3, -0.25) is 10.1 Å². The Morgan fingerprint density at radius 2 is 1.67 bits per heavy atom. The van der Waals surface area contributed by atoms with Gasteiger partial charge in [0.05, 0.1) is 21.1 Å². The molecule has 0 unspecified atom stereocenters. The SMILES string of the molecule is O=C(OCc1cc2ccccc2cc1[N+](=O)[O-])c1ccccc1Cl. The number of esters is 1. The van der Waals surface area contributed by atoms with Gasteiger partial charge in [-0.25, -0.2) is 4.79 Å². The van der Waals surface area contributed by atoms with Crippen LogP contribution in [0.5, 0.6) is 0 Å². The third-order valence-corrected chi connectivity index (χ3v) is 3.93. The number of fused-ring (bicyclic) bond motifs is 1. The fourth-order valence-electron chi connectivity index (χ4n) is 2.41. The Bertz CT molecular complexity index is 939. The monoisotopic (exact) mass is 341 g/mol. The molecule has 0 N–H and O–H groups in total. The molecule has 0 amide bonds. The minimum Gasteiger partial charge on any atom is -0.457 e. The zero-order valence-electron chi connectivity index (χ0n) is 12.4. The molecule has 5 nitrogen and oxygen atoms in total. The van der Waals surface area contributed by atoms with Gasteiger partial charge in [0.25, 0.3) is 5.69 Å². The summed E-state index contributed by atoms with van der Waals surface area (Å²) in [6, 6.07) is 16.9. The summed E-state index contributed by atoms with van der Waals surface area (Å²) in [6.07, 6.45) is 0. The van der Waals surface area contributed by atoms with E-state index in [2.05, 4.69) is 0 Å². The summed E-state index contributed by atoms with van der Waals surface area (Å²) < 4.78 is 5.21. The fraction of sp³-hybridized carbons (Fsp3) is 0.0556. The fourth-order valence-corrected chi connectivity index (χ4v) is 2.62. The van der Waals surface area contributed by atoms with Gasteiger partial charge >= 0.3 is 5.97 Å². The maximum atomic E-state index is 12.1. The number of nitrogens with zero attached hydrogens (tertiary/aromatic N) is 1. The Hall–Kier alpha value is -2.92. The van der Waals surface area contributed by atoms with Crippen LogP contribution in [0.3, 0.4) is 0 Å². The second kappa shape index (κ2) is 6.68. The standard InChI is InChI=1S/C18H12ClNO4/c19-16-8-4-3-7-15(16)18(21)24-11-14-9-12-5-1-2-6-13(12)10-17(14)20(22)23/h1-10H,11H2. The van der Waals surface area contributed by atoms with Crippen molar-refractivity contribution in [2.24, 2.45) is 0 Å². The molecule has 0 bridgehead atoms. The van der Waals surface area contributed by atoms with Crippen LogP contribution < -0.4 is 0 Å². The number of carbonyl (C=O) groups excluding carboxylic acids is 1. The molecule has 0 spiro atoms. The molecule has 0 saturated heterocycles. The molecule has 0 aromatic heterocycles. The maximum absolute atomic E-state index is 12.1. The van der Waals surface area contributed by atoms with Gasteiger partial charge in [0, 0.05) is 6.07 Å². The Kier molecular flexibility index (Phi) is 4.44. The van der Waals surface area contributed by atoms with Crippen LogP contribution in [-0.4, -0.2) is 10.9 Å². The zero-order valence-corrected chi connectivity index (χ0v) is 13.2. The van der Waals surface area contributed by atoms with Crippen LogP contribution in [0.4, 0.5) is 5.69 Å². The van der Waals surface area contributed by atoms with Crippen LogP contribution in [0.2, 0.25) is 5.02 Å². The molecule has 0 fully saturated rings. The number of carbonyl (C=O) groups is 1. The first kappa shape index (κ1) is 16.0. The van der Waals surface area contributed by atoms with Crippen molar-refractivity contribution in [3.05, 3.63) is 86.9 Å². The molecule has 3 rings (SSSR count). The molecule has 0 aliphatic rings. The van der Waals surface area contributed by atoms with Gasteiger partial charge in [-0.05, 0) is 29.0 Å². The molecular formula is C18H12ClNO4. The van der Waals surface area contributed by atoms with E-state index >= 15 is 0 Å². The molecule has 24 heavy (non-hydrogen) atoms. The Balaban J connectivity index is 1.89. The Labute approximate surface area is 142 Å². The molecule has 120 valence electrons. The van der Waals surface area contributed by atoms with Crippen molar-refractivity contribution in [1.82, 2.24) is 0 Å². The highest BCUT2D eigenvalue weighted by molar-refractivity contribution is 6.33. The van der Waals surface area contributed by atoms with Gasteiger partial charge in [0.1, 0.15) is 6.61 Å². The average molecular weight is 342 g/mol. The topological polar surface area (TPSA) is 69.4 Å². The number of hydrogen-bond donors (Lipinski definition) is 0. The van der Waals surface area contributed by atoms with E-state index in [0.717, 1.165) is 10.8 Å². The number of nitro groups is 1. The summed E-state index contributed by atoms with van der Waals surface area (Å²) >= 11 is 5.95. The third-order valence-electron chi connectivity index (χ3n) is 3.60. The van der Waals surface area contributed by atoms with Crippen molar-refractivity contribution in [2.45, 2.75) is 6.61 Å². The maximum Gasteiger partial charge on any atom is 0.339 e. The van der Waals surface area contributed by atoms with E-state index in [9.17, 15) is 14.9 Å². The van der Waals surface area contributed by atoms with Crippen molar-refractivity contribution >= 4 is 34.0 Å². The van der Waals surface area contributed by atoms with Crippen molar-refractivity contribution in [3.63, 3.8) is 0 Å². The minimum atomic E-state index is -0.622. The van der Waals surface area contributed by atoms with E-state index in [1.807, 2.05) is 18.2 Å². The molecule has 3 aromatic rings. The Morgan fingerprint density at radius 1 is 1.04 bits per heavy atom. The summed E-state index contributed by atoms with van der Waals surface area (Å²) in [4.78, 5) is 22.9. The second-order valence-corrected chi connectivity index (χ2v) is 5.55. The highest BCUT2D eigenvalue weighted by Crippen LogP contribution is 2.27. The van der Waals surface area contributed by atoms with Gasteiger partial charge in [0.15, 0.2) is 0 Å². The smallest absolute Gasteiger partial charge is 0.339 e. The van der Waals surface area contributed by atoms with E-state index in [-0.39, 0.29) is 22.9 Å². The van der Waals surface area contributed by atoms with Gasteiger partial charge < -0.3 is 4.74 Å². The number of ether oxygens (including phenoxy) is 1. The summed E-state index contributed by atoms with van der Waals surface area (Å²) in [5, 5.41) is 13.1. The highest BCUT2D eigenvalue weighted by atomic mass is 35.5. The van der Waals surface area contributed by atoms with Gasteiger partial charge in [-0.1, -0.05) is 48.0 Å². The van der Waals surface area contributed by atoms with Gasteiger partial charge in [-0.15, -0.1) is 0 Å². The van der Waals surface area contributed by atoms with Crippen LogP contribution in [0.1, 0.15) is 15.9 Å². The van der Waals surface area contributed by atoms with Crippen LogP contribution in [0, 0.1) is 10.1 Å². The molecule has 0 aliphatic heterocycles. The molecular weight excluding hydrogens is 330 g/mol. The van der Waals surface area contributed by atoms with E-state index in [0.29, 0.717) is 5.56 Å². The van der Waals surface area contributed by atoms with Crippen molar-refractivity contribution in [3.8, 4) is 0 Å². The average Bonchev–Trinajstić information content (AvgIpc) is 2.59. The summed E-state index contributed by atoms with van der Waals surface area (Å²) in [6.45, 7) is -0.203. The van der Waals surface area contributed by atoms with E-state index < -0.39 is 10.9 Å². The molecule has 0 heterocycles. The summed E-state index contributed by atoms with van der Waals surface area (Å²) in [7, 11) is 0. The minimum absolute atomic E-state index is 0.0827. The van der Waals surface area contributed by atoms with Gasteiger partial charge in [0.2, 0.25) is 0 Å². The zero-order chi connectivity index (χ0) is 17.1. The van der Waals surface area contributed by atoms with Crippen molar-refractivity contribution in [2.75, 3.05) is 0 Å². The molecule has 0 atom stereocenters. The van der Waals surface area contributed by atoms with E-state index in [1.54, 1.807) is 36.4 Å². The first-order chi connectivity index (χ1) is 11.6. The van der Waals surface area contributed by atoms with E-state index in [1.165, 1.54) is 6.07 Å². The highest BCUT2D eigenvalue weighted by Gasteiger charge is 2.18. The van der Waals surface area contributed by atoms with Crippen LogP contribution in [0.25, 0.3) is 10.8 Å².